The molecule has 0 radical (unpaired) electrons. The van der Waals surface area contributed by atoms with E-state index < -0.39 is 0 Å². The topological polar surface area (TPSA) is 24.7 Å². The normalized spacial score (nSPS) is 12.3. The molecule has 0 spiro atoms. The summed E-state index contributed by atoms with van der Waals surface area (Å²) < 4.78 is 0. The Morgan fingerprint density at radius 2 is 0.788 bits per heavy atom. The monoisotopic (exact) mass is 560 g/mol. The van der Waals surface area contributed by atoms with Crippen molar-refractivity contribution in [2.24, 2.45) is 9.98 Å². The summed E-state index contributed by atoms with van der Waals surface area (Å²) in [6.07, 6.45) is 0. The first kappa shape index (κ1) is 31.7. The fourth-order valence-corrected chi connectivity index (χ4v) is 3.78. The predicted octanol–water partition coefficient (Wildman–Crippen LogP) is 10.2. The maximum atomic E-state index is 5.13. The van der Waals surface area contributed by atoms with Crippen molar-refractivity contribution in [3.63, 3.8) is 0 Å². The minimum absolute atomic E-state index is 0. The number of benzene rings is 2. The molecule has 0 saturated heterocycles. The van der Waals surface area contributed by atoms with Gasteiger partial charge in [0, 0.05) is 0 Å². The molecule has 0 atom stereocenters. The Kier molecular flexibility index (Phi) is 14.3. The molecule has 2 nitrogen and oxygen atoms in total. The van der Waals surface area contributed by atoms with Gasteiger partial charge in [0.2, 0.25) is 0 Å². The van der Waals surface area contributed by atoms with E-state index in [0.29, 0.717) is 23.7 Å². The quantitative estimate of drug-likeness (QED) is 0.183. The first-order valence-corrected chi connectivity index (χ1v) is 13.5. The summed E-state index contributed by atoms with van der Waals surface area (Å²) in [5.74, 6) is 1.73. The van der Waals surface area contributed by atoms with Gasteiger partial charge in [-0.1, -0.05) is 91.8 Å². The average Bonchev–Trinajstić information content (AvgIpc) is 2.74. The molecule has 0 unspecified atom stereocenters. The van der Waals surface area contributed by atoms with Crippen molar-refractivity contribution < 1.29 is 18.2 Å². The van der Waals surface area contributed by atoms with Crippen LogP contribution in [0.4, 0.5) is 11.4 Å². The summed E-state index contributed by atoms with van der Waals surface area (Å²) in [5.41, 5.74) is 9.43. The fraction of sp³-hybridized carbons (Fsp3) is 0.483. The summed E-state index contributed by atoms with van der Waals surface area (Å²) in [7, 11) is 4.49. The maximum absolute atomic E-state index is 5.13. The molecule has 33 heavy (non-hydrogen) atoms. The molecule has 0 aromatic heterocycles. The average molecular weight is 562 g/mol. The van der Waals surface area contributed by atoms with Gasteiger partial charge in [-0.15, -0.1) is 0 Å². The third kappa shape index (κ3) is 8.47. The number of halogens is 1. The Morgan fingerprint density at radius 1 is 0.576 bits per heavy atom. The molecular weight excluding hydrogens is 518 g/mol. The predicted molar refractivity (Wildman–Crippen MR) is 147 cm³/mol. The van der Waals surface area contributed by atoms with Crippen LogP contribution in [0.3, 0.4) is 0 Å². The SMILES string of the molecule is CC(=Nc1c(C(C)C)cccc1C(C)C)C(C)=Nc1c(C(C)C)cccc1C(C)C.[CH3-].[Cl][Pd+]. The van der Waals surface area contributed by atoms with Crippen molar-refractivity contribution in [2.75, 3.05) is 0 Å². The second kappa shape index (κ2) is 14.9. The molecule has 4 heteroatoms. The molecule has 2 aromatic rings. The Bertz CT molecular complexity index is 811. The van der Waals surface area contributed by atoms with E-state index in [1.54, 1.807) is 0 Å². The van der Waals surface area contributed by atoms with Crippen molar-refractivity contribution in [3.8, 4) is 0 Å². The zero-order valence-corrected chi connectivity index (χ0v) is 24.7. The standard InChI is InChI=1S/C28H40N2.CH3.ClH.Pd/c1-17(2)23-13-11-14-24(18(3)4)27(23)29-21(9)22(10)30-28-25(19(5)6)15-12-16-26(28)20(7)8;;;/h11-20H,1-10H3;1H3;1H;/q;-1;;+2/p-1. The van der Waals surface area contributed by atoms with Crippen molar-refractivity contribution in [2.45, 2.75) is 92.9 Å². The van der Waals surface area contributed by atoms with E-state index >= 15 is 0 Å². The molecule has 2 aromatic carbocycles. The molecule has 0 saturated carbocycles. The zero-order chi connectivity index (χ0) is 24.6. The van der Waals surface area contributed by atoms with Crippen LogP contribution in [0.25, 0.3) is 0 Å². The molecular formula is C29H43ClN2Pd. The van der Waals surface area contributed by atoms with Crippen LogP contribution < -0.4 is 0 Å². The van der Waals surface area contributed by atoms with Gasteiger partial charge in [-0.2, -0.15) is 0 Å². The number of nitrogens with zero attached hydrogens (tertiary/aromatic N) is 2. The van der Waals surface area contributed by atoms with Crippen LogP contribution in [-0.4, -0.2) is 11.4 Å². The second-order valence-corrected chi connectivity index (χ2v) is 9.58. The van der Waals surface area contributed by atoms with Gasteiger partial charge in [-0.05, 0) is 59.8 Å². The molecule has 0 heterocycles. The van der Waals surface area contributed by atoms with Gasteiger partial charge in [-0.25, -0.2) is 0 Å². The van der Waals surface area contributed by atoms with Gasteiger partial charge in [0.25, 0.3) is 0 Å². The van der Waals surface area contributed by atoms with Crippen LogP contribution in [0.5, 0.6) is 0 Å². The van der Waals surface area contributed by atoms with E-state index in [1.165, 1.54) is 22.3 Å². The summed E-state index contributed by atoms with van der Waals surface area (Å²) in [5, 5.41) is 0. The Morgan fingerprint density at radius 3 is 0.970 bits per heavy atom. The van der Waals surface area contributed by atoms with Gasteiger partial charge in [0.15, 0.2) is 0 Å². The number of aliphatic imine (C=N–C) groups is 2. The molecule has 0 fully saturated rings. The molecule has 186 valence electrons. The number of para-hydroxylation sites is 2. The van der Waals surface area contributed by atoms with E-state index in [1.807, 2.05) is 0 Å². The summed E-state index contributed by atoms with van der Waals surface area (Å²) in [6.45, 7) is 22.1. The van der Waals surface area contributed by atoms with E-state index in [-0.39, 0.29) is 7.43 Å². The van der Waals surface area contributed by atoms with Crippen molar-refractivity contribution >= 4 is 32.3 Å². The minimum atomic E-state index is 0. The molecule has 0 amide bonds. The Labute approximate surface area is 218 Å². The summed E-state index contributed by atoms with van der Waals surface area (Å²) >= 11 is 2.22. The second-order valence-electron chi connectivity index (χ2n) is 9.58. The van der Waals surface area contributed by atoms with Gasteiger partial charge in [-0.3, -0.25) is 9.98 Å². The third-order valence-corrected chi connectivity index (χ3v) is 5.77. The van der Waals surface area contributed by atoms with Crippen molar-refractivity contribution in [1.29, 1.82) is 0 Å². The van der Waals surface area contributed by atoms with Crippen LogP contribution in [0.15, 0.2) is 46.4 Å². The van der Waals surface area contributed by atoms with Crippen LogP contribution in [0.2, 0.25) is 0 Å². The number of hydrogen-bond donors (Lipinski definition) is 0. The summed E-state index contributed by atoms with van der Waals surface area (Å²) in [4.78, 5) is 10.3. The number of hydrogen-bond acceptors (Lipinski definition) is 2. The third-order valence-electron chi connectivity index (χ3n) is 5.77. The van der Waals surface area contributed by atoms with Crippen molar-refractivity contribution in [1.82, 2.24) is 0 Å². The van der Waals surface area contributed by atoms with Crippen LogP contribution in [0.1, 0.15) is 115 Å². The van der Waals surface area contributed by atoms with Crippen LogP contribution in [0, 0.1) is 7.43 Å². The van der Waals surface area contributed by atoms with E-state index in [4.69, 9.17) is 9.98 Å². The van der Waals surface area contributed by atoms with Gasteiger partial charge >= 0.3 is 27.7 Å². The van der Waals surface area contributed by atoms with E-state index in [9.17, 15) is 0 Å². The summed E-state index contributed by atoms with van der Waals surface area (Å²) in [6, 6.07) is 13.2. The molecule has 0 bridgehead atoms. The molecule has 2 rings (SSSR count). The van der Waals surface area contributed by atoms with Gasteiger partial charge in [0.05, 0.1) is 22.8 Å². The van der Waals surface area contributed by atoms with Gasteiger partial charge in [0.1, 0.15) is 0 Å². The van der Waals surface area contributed by atoms with Gasteiger partial charge < -0.3 is 7.43 Å². The molecule has 0 aliphatic carbocycles. The molecule has 0 aliphatic rings. The van der Waals surface area contributed by atoms with Crippen LogP contribution in [-0.2, 0) is 18.2 Å². The first-order chi connectivity index (χ1) is 15.0. The Hall–Kier alpha value is -1.27. The molecule has 0 aliphatic heterocycles. The fourth-order valence-electron chi connectivity index (χ4n) is 3.78. The van der Waals surface area contributed by atoms with Crippen molar-refractivity contribution in [3.05, 3.63) is 66.1 Å². The zero-order valence-electron chi connectivity index (χ0n) is 22.4. The first-order valence-electron chi connectivity index (χ1n) is 11.5. The number of rotatable bonds is 7. The van der Waals surface area contributed by atoms with E-state index in [0.717, 1.165) is 22.8 Å². The molecule has 0 N–H and O–H groups in total. The van der Waals surface area contributed by atoms with E-state index in [2.05, 4.69) is 133 Å². The Balaban J connectivity index is 0.00000332. The van der Waals surface area contributed by atoms with Crippen LogP contribution >= 0.6 is 9.53 Å².